The number of hydrogen-bond donors (Lipinski definition) is 3. The lowest BCUT2D eigenvalue weighted by atomic mass is 10.2. The monoisotopic (exact) mass is 270 g/mol. The third kappa shape index (κ3) is 4.84. The standard InChI is InChI=1S/C11H11ClN2O4/c12-7-1-3-8(4-2-7)13-14-9(11(17)18)5-6-10(15)16/h1-4,13H,5-6H2,(H,15,16)(H,17,18). The van der Waals surface area contributed by atoms with Gasteiger partial charge in [0.25, 0.3) is 0 Å². The van der Waals surface area contributed by atoms with Crippen molar-refractivity contribution in [2.24, 2.45) is 5.10 Å². The Balaban J connectivity index is 2.68. The summed E-state index contributed by atoms with van der Waals surface area (Å²) in [5, 5.41) is 21.5. The summed E-state index contributed by atoms with van der Waals surface area (Å²) in [6, 6.07) is 6.50. The van der Waals surface area contributed by atoms with E-state index in [1.54, 1.807) is 24.3 Å². The summed E-state index contributed by atoms with van der Waals surface area (Å²) in [6.45, 7) is 0. The predicted molar refractivity (Wildman–Crippen MR) is 67.0 cm³/mol. The molecule has 0 aromatic heterocycles. The normalized spacial score (nSPS) is 11.1. The van der Waals surface area contributed by atoms with Gasteiger partial charge in [-0.05, 0) is 24.3 Å². The van der Waals surface area contributed by atoms with Gasteiger partial charge < -0.3 is 10.2 Å². The van der Waals surface area contributed by atoms with Crippen LogP contribution >= 0.6 is 11.6 Å². The van der Waals surface area contributed by atoms with Gasteiger partial charge in [-0.1, -0.05) is 11.6 Å². The van der Waals surface area contributed by atoms with Crippen LogP contribution in [-0.4, -0.2) is 27.9 Å². The number of rotatable bonds is 6. The van der Waals surface area contributed by atoms with Crippen molar-refractivity contribution in [2.75, 3.05) is 5.43 Å². The van der Waals surface area contributed by atoms with E-state index in [1.807, 2.05) is 0 Å². The van der Waals surface area contributed by atoms with Gasteiger partial charge in [0, 0.05) is 11.4 Å². The second kappa shape index (κ2) is 6.61. The second-order valence-corrected chi connectivity index (χ2v) is 3.81. The number of hydrazone groups is 1. The van der Waals surface area contributed by atoms with E-state index in [-0.39, 0.29) is 18.6 Å². The van der Waals surface area contributed by atoms with Gasteiger partial charge in [-0.25, -0.2) is 4.79 Å². The van der Waals surface area contributed by atoms with E-state index in [9.17, 15) is 9.59 Å². The van der Waals surface area contributed by atoms with Crippen LogP contribution in [0.25, 0.3) is 0 Å². The van der Waals surface area contributed by atoms with Crippen molar-refractivity contribution in [3.63, 3.8) is 0 Å². The molecule has 0 amide bonds. The number of hydrogen-bond acceptors (Lipinski definition) is 4. The third-order valence-corrected chi connectivity index (χ3v) is 2.24. The molecule has 0 radical (unpaired) electrons. The van der Waals surface area contributed by atoms with Crippen LogP contribution in [0.3, 0.4) is 0 Å². The molecule has 18 heavy (non-hydrogen) atoms. The summed E-state index contributed by atoms with van der Waals surface area (Å²) in [5.74, 6) is -2.33. The molecule has 0 bridgehead atoms. The molecule has 0 fully saturated rings. The zero-order valence-electron chi connectivity index (χ0n) is 9.26. The molecule has 0 atom stereocenters. The fourth-order valence-corrected chi connectivity index (χ4v) is 1.22. The number of carbonyl (C=O) groups is 2. The number of carboxylic acid groups (broad SMARTS) is 2. The van der Waals surface area contributed by atoms with Crippen molar-refractivity contribution in [1.82, 2.24) is 0 Å². The number of aliphatic carboxylic acids is 2. The first kappa shape index (κ1) is 14.0. The molecule has 3 N–H and O–H groups in total. The zero-order chi connectivity index (χ0) is 13.5. The maximum absolute atomic E-state index is 10.8. The molecule has 1 aromatic rings. The molecular formula is C11H11ClN2O4. The Morgan fingerprint density at radius 3 is 2.28 bits per heavy atom. The minimum atomic E-state index is -1.25. The maximum Gasteiger partial charge on any atom is 0.352 e. The van der Waals surface area contributed by atoms with E-state index >= 15 is 0 Å². The highest BCUT2D eigenvalue weighted by atomic mass is 35.5. The number of halogens is 1. The van der Waals surface area contributed by atoms with Crippen LogP contribution in [-0.2, 0) is 9.59 Å². The van der Waals surface area contributed by atoms with E-state index in [0.29, 0.717) is 10.7 Å². The number of carboxylic acids is 2. The Hall–Kier alpha value is -2.08. The molecule has 0 spiro atoms. The van der Waals surface area contributed by atoms with E-state index in [1.165, 1.54) is 0 Å². The quantitative estimate of drug-likeness (QED) is 0.543. The highest BCUT2D eigenvalue weighted by Crippen LogP contribution is 2.13. The molecule has 96 valence electrons. The third-order valence-electron chi connectivity index (χ3n) is 1.99. The van der Waals surface area contributed by atoms with Crippen molar-refractivity contribution in [1.29, 1.82) is 0 Å². The minimum Gasteiger partial charge on any atom is -0.481 e. The molecule has 0 aliphatic heterocycles. The summed E-state index contributed by atoms with van der Waals surface area (Å²) >= 11 is 5.69. The Kier molecular flexibility index (Phi) is 5.13. The highest BCUT2D eigenvalue weighted by Gasteiger charge is 2.11. The Bertz CT molecular complexity index is 470. The average Bonchev–Trinajstić information content (AvgIpc) is 2.30. The van der Waals surface area contributed by atoms with Gasteiger partial charge in [0.15, 0.2) is 0 Å². The van der Waals surface area contributed by atoms with Crippen molar-refractivity contribution >= 4 is 34.9 Å². The smallest absolute Gasteiger partial charge is 0.352 e. The average molecular weight is 271 g/mol. The summed E-state index contributed by atoms with van der Waals surface area (Å²) in [4.78, 5) is 21.2. The fourth-order valence-electron chi connectivity index (χ4n) is 1.09. The highest BCUT2D eigenvalue weighted by molar-refractivity contribution is 6.36. The van der Waals surface area contributed by atoms with Gasteiger partial charge in [0.05, 0.1) is 12.1 Å². The number of benzene rings is 1. The molecule has 0 saturated carbocycles. The summed E-state index contributed by atoms with van der Waals surface area (Å²) in [6.07, 6.45) is -0.432. The number of anilines is 1. The van der Waals surface area contributed by atoms with Crippen LogP contribution in [0.4, 0.5) is 5.69 Å². The molecule has 0 aliphatic rings. The summed E-state index contributed by atoms with van der Waals surface area (Å²) in [7, 11) is 0. The van der Waals surface area contributed by atoms with Crippen LogP contribution in [0.15, 0.2) is 29.4 Å². The van der Waals surface area contributed by atoms with Crippen molar-refractivity contribution in [3.8, 4) is 0 Å². The SMILES string of the molecule is O=C(O)CCC(=NNc1ccc(Cl)cc1)C(=O)O. The Labute approximate surface area is 108 Å². The van der Waals surface area contributed by atoms with Crippen LogP contribution in [0.2, 0.25) is 5.02 Å². The van der Waals surface area contributed by atoms with Crippen LogP contribution in [0, 0.1) is 0 Å². The topological polar surface area (TPSA) is 99.0 Å². The van der Waals surface area contributed by atoms with E-state index in [2.05, 4.69) is 10.5 Å². The molecule has 7 heteroatoms. The lowest BCUT2D eigenvalue weighted by molar-refractivity contribution is -0.136. The Morgan fingerprint density at radius 2 is 1.78 bits per heavy atom. The summed E-state index contributed by atoms with van der Waals surface area (Å²) in [5.41, 5.74) is 2.85. The minimum absolute atomic E-state index is 0.148. The van der Waals surface area contributed by atoms with Crippen molar-refractivity contribution < 1.29 is 19.8 Å². The van der Waals surface area contributed by atoms with Gasteiger partial charge in [-0.2, -0.15) is 5.10 Å². The maximum atomic E-state index is 10.8. The van der Waals surface area contributed by atoms with Gasteiger partial charge >= 0.3 is 11.9 Å². The number of nitrogens with zero attached hydrogens (tertiary/aromatic N) is 1. The van der Waals surface area contributed by atoms with Crippen molar-refractivity contribution in [3.05, 3.63) is 29.3 Å². The van der Waals surface area contributed by atoms with Gasteiger partial charge in [0.2, 0.25) is 0 Å². The van der Waals surface area contributed by atoms with E-state index in [4.69, 9.17) is 21.8 Å². The van der Waals surface area contributed by atoms with Crippen LogP contribution < -0.4 is 5.43 Å². The molecule has 0 unspecified atom stereocenters. The first-order valence-corrected chi connectivity index (χ1v) is 5.40. The van der Waals surface area contributed by atoms with Crippen LogP contribution in [0.1, 0.15) is 12.8 Å². The Morgan fingerprint density at radius 1 is 1.17 bits per heavy atom. The molecule has 0 aliphatic carbocycles. The molecule has 6 nitrogen and oxygen atoms in total. The van der Waals surface area contributed by atoms with Gasteiger partial charge in [0.1, 0.15) is 5.71 Å². The molecule has 0 heterocycles. The lowest BCUT2D eigenvalue weighted by Crippen LogP contribution is -2.16. The fraction of sp³-hybridized carbons (Fsp3) is 0.182. The molecular weight excluding hydrogens is 260 g/mol. The molecule has 0 saturated heterocycles. The molecule has 1 aromatic carbocycles. The lowest BCUT2D eigenvalue weighted by Gasteiger charge is -2.03. The van der Waals surface area contributed by atoms with Gasteiger partial charge in [-0.3, -0.25) is 10.2 Å². The second-order valence-electron chi connectivity index (χ2n) is 3.38. The first-order valence-electron chi connectivity index (χ1n) is 5.02. The zero-order valence-corrected chi connectivity index (χ0v) is 10.0. The van der Waals surface area contributed by atoms with Gasteiger partial charge in [-0.15, -0.1) is 0 Å². The molecule has 1 rings (SSSR count). The van der Waals surface area contributed by atoms with E-state index in [0.717, 1.165) is 0 Å². The first-order chi connectivity index (χ1) is 8.49. The largest absolute Gasteiger partial charge is 0.481 e. The predicted octanol–water partition coefficient (Wildman–Crippen LogP) is 2.06. The van der Waals surface area contributed by atoms with Crippen molar-refractivity contribution in [2.45, 2.75) is 12.8 Å². The van der Waals surface area contributed by atoms with E-state index < -0.39 is 11.9 Å². The summed E-state index contributed by atoms with van der Waals surface area (Å²) < 4.78 is 0. The van der Waals surface area contributed by atoms with Crippen LogP contribution in [0.5, 0.6) is 0 Å². The number of nitrogens with one attached hydrogen (secondary N) is 1.